The first-order valence-corrected chi connectivity index (χ1v) is 5.35. The molecule has 1 aromatic rings. The number of ether oxygens (including phenoxy) is 1. The van der Waals surface area contributed by atoms with Gasteiger partial charge in [0.2, 0.25) is 0 Å². The van der Waals surface area contributed by atoms with Gasteiger partial charge < -0.3 is 14.3 Å². The zero-order valence-electron chi connectivity index (χ0n) is 8.36. The molecule has 0 amide bonds. The maximum Gasteiger partial charge on any atom is 0.193 e. The van der Waals surface area contributed by atoms with Crippen molar-refractivity contribution in [3.63, 3.8) is 0 Å². The van der Waals surface area contributed by atoms with Crippen molar-refractivity contribution in [2.75, 3.05) is 26.3 Å². The van der Waals surface area contributed by atoms with Crippen molar-refractivity contribution >= 4 is 11.6 Å². The molecule has 0 saturated carbocycles. The van der Waals surface area contributed by atoms with Gasteiger partial charge in [0.1, 0.15) is 5.76 Å². The first kappa shape index (κ1) is 11.0. The van der Waals surface area contributed by atoms with E-state index in [1.807, 2.05) is 6.07 Å². The van der Waals surface area contributed by atoms with E-state index in [1.54, 1.807) is 6.07 Å². The summed E-state index contributed by atoms with van der Waals surface area (Å²) in [5.41, 5.74) is 0. The van der Waals surface area contributed by atoms with Crippen molar-refractivity contribution in [3.8, 4) is 0 Å². The fourth-order valence-electron chi connectivity index (χ4n) is 1.69. The first-order valence-electron chi connectivity index (χ1n) is 4.97. The van der Waals surface area contributed by atoms with Crippen LogP contribution in [0.2, 0.25) is 5.22 Å². The predicted molar refractivity (Wildman–Crippen MR) is 55.8 cm³/mol. The number of rotatable bonds is 3. The van der Waals surface area contributed by atoms with E-state index in [4.69, 9.17) is 25.9 Å². The van der Waals surface area contributed by atoms with Gasteiger partial charge in [-0.05, 0) is 23.7 Å². The lowest BCUT2D eigenvalue weighted by molar-refractivity contribution is -0.0564. The van der Waals surface area contributed by atoms with E-state index in [1.165, 1.54) is 0 Å². The van der Waals surface area contributed by atoms with Gasteiger partial charge in [-0.3, -0.25) is 4.90 Å². The number of furan rings is 1. The van der Waals surface area contributed by atoms with Gasteiger partial charge in [0.15, 0.2) is 5.22 Å². The average molecular weight is 232 g/mol. The Morgan fingerprint density at radius 3 is 3.07 bits per heavy atom. The smallest absolute Gasteiger partial charge is 0.193 e. The van der Waals surface area contributed by atoms with Gasteiger partial charge in [-0.1, -0.05) is 0 Å². The van der Waals surface area contributed by atoms with Crippen LogP contribution in [0.15, 0.2) is 16.5 Å². The molecule has 1 aliphatic heterocycles. The van der Waals surface area contributed by atoms with Gasteiger partial charge in [-0.25, -0.2) is 0 Å². The Labute approximate surface area is 93.4 Å². The number of halogens is 1. The number of aliphatic hydroxyl groups excluding tert-OH is 1. The monoisotopic (exact) mass is 231 g/mol. The number of morpholine rings is 1. The van der Waals surface area contributed by atoms with Gasteiger partial charge in [0.05, 0.1) is 25.9 Å². The fraction of sp³-hybridized carbons (Fsp3) is 0.600. The van der Waals surface area contributed by atoms with Crippen LogP contribution in [0, 0.1) is 0 Å². The van der Waals surface area contributed by atoms with Gasteiger partial charge in [0.25, 0.3) is 0 Å². The molecule has 2 rings (SSSR count). The molecule has 1 N–H and O–H groups in total. The number of hydrogen-bond acceptors (Lipinski definition) is 4. The van der Waals surface area contributed by atoms with Crippen molar-refractivity contribution < 1.29 is 14.3 Å². The fourth-order valence-corrected chi connectivity index (χ4v) is 1.85. The second kappa shape index (κ2) is 4.99. The maximum atomic E-state index is 8.98. The highest BCUT2D eigenvalue weighted by atomic mass is 35.5. The van der Waals surface area contributed by atoms with Crippen LogP contribution in [0.1, 0.15) is 5.76 Å². The van der Waals surface area contributed by atoms with Crippen LogP contribution in [-0.4, -0.2) is 42.4 Å². The highest BCUT2D eigenvalue weighted by Gasteiger charge is 2.20. The minimum atomic E-state index is -0.0795. The third kappa shape index (κ3) is 2.95. The molecule has 0 radical (unpaired) electrons. The van der Waals surface area contributed by atoms with Crippen LogP contribution in [0.25, 0.3) is 0 Å². The van der Waals surface area contributed by atoms with E-state index in [2.05, 4.69) is 4.90 Å². The second-order valence-electron chi connectivity index (χ2n) is 3.62. The zero-order chi connectivity index (χ0) is 10.7. The Hall–Kier alpha value is -0.550. The average Bonchev–Trinajstić information content (AvgIpc) is 2.64. The summed E-state index contributed by atoms with van der Waals surface area (Å²) in [5.74, 6) is 0.846. The Morgan fingerprint density at radius 2 is 2.40 bits per heavy atom. The molecule has 5 heteroatoms. The molecule has 1 aliphatic rings. The Bertz CT molecular complexity index is 315. The molecule has 84 valence electrons. The molecule has 15 heavy (non-hydrogen) atoms. The van der Waals surface area contributed by atoms with Gasteiger partial charge in [0, 0.05) is 13.1 Å². The van der Waals surface area contributed by atoms with E-state index in [-0.39, 0.29) is 12.7 Å². The lowest BCUT2D eigenvalue weighted by atomic mass is 10.2. The summed E-state index contributed by atoms with van der Waals surface area (Å²) < 4.78 is 10.6. The molecular weight excluding hydrogens is 218 g/mol. The van der Waals surface area contributed by atoms with Crippen molar-refractivity contribution in [2.45, 2.75) is 12.6 Å². The van der Waals surface area contributed by atoms with Crippen molar-refractivity contribution in [1.82, 2.24) is 4.90 Å². The van der Waals surface area contributed by atoms with Crippen molar-refractivity contribution in [1.29, 1.82) is 0 Å². The summed E-state index contributed by atoms with van der Waals surface area (Å²) >= 11 is 5.68. The molecule has 0 aromatic carbocycles. The quantitative estimate of drug-likeness (QED) is 0.847. The topological polar surface area (TPSA) is 45.8 Å². The van der Waals surface area contributed by atoms with Gasteiger partial charge in [-0.15, -0.1) is 0 Å². The molecule has 4 nitrogen and oxygen atoms in total. The summed E-state index contributed by atoms with van der Waals surface area (Å²) in [6.07, 6.45) is -0.0795. The summed E-state index contributed by atoms with van der Waals surface area (Å²) in [7, 11) is 0. The summed E-state index contributed by atoms with van der Waals surface area (Å²) in [4.78, 5) is 2.18. The molecule has 0 bridgehead atoms. The third-order valence-corrected chi connectivity index (χ3v) is 2.64. The van der Waals surface area contributed by atoms with Crippen LogP contribution in [0.4, 0.5) is 0 Å². The normalized spacial score (nSPS) is 23.2. The second-order valence-corrected chi connectivity index (χ2v) is 3.99. The first-order chi connectivity index (χ1) is 7.28. The van der Waals surface area contributed by atoms with Crippen LogP contribution in [0.3, 0.4) is 0 Å². The van der Waals surface area contributed by atoms with Crippen LogP contribution >= 0.6 is 11.6 Å². The van der Waals surface area contributed by atoms with E-state index < -0.39 is 0 Å². The van der Waals surface area contributed by atoms with Gasteiger partial charge >= 0.3 is 0 Å². The van der Waals surface area contributed by atoms with Crippen LogP contribution in [-0.2, 0) is 11.3 Å². The van der Waals surface area contributed by atoms with Crippen LogP contribution < -0.4 is 0 Å². The number of aliphatic hydroxyl groups is 1. The van der Waals surface area contributed by atoms with E-state index in [0.717, 1.165) is 18.8 Å². The Morgan fingerprint density at radius 1 is 1.53 bits per heavy atom. The Balaban J connectivity index is 1.88. The van der Waals surface area contributed by atoms with E-state index in [0.29, 0.717) is 18.4 Å². The molecule has 1 fully saturated rings. The minimum absolute atomic E-state index is 0.0649. The molecule has 0 spiro atoms. The summed E-state index contributed by atoms with van der Waals surface area (Å²) in [5, 5.41) is 9.40. The largest absolute Gasteiger partial charge is 0.448 e. The van der Waals surface area contributed by atoms with Crippen molar-refractivity contribution in [2.24, 2.45) is 0 Å². The standard InChI is InChI=1S/C10H14ClNO3/c11-10-2-1-8(15-10)5-12-3-4-14-9(6-12)7-13/h1-2,9,13H,3-7H2. The minimum Gasteiger partial charge on any atom is -0.448 e. The van der Waals surface area contributed by atoms with Gasteiger partial charge in [-0.2, -0.15) is 0 Å². The molecule has 1 unspecified atom stereocenters. The number of nitrogens with zero attached hydrogens (tertiary/aromatic N) is 1. The highest BCUT2D eigenvalue weighted by Crippen LogP contribution is 2.16. The predicted octanol–water partition coefficient (Wildman–Crippen LogP) is 1.13. The maximum absolute atomic E-state index is 8.98. The Kier molecular flexibility index (Phi) is 3.64. The summed E-state index contributed by atoms with van der Waals surface area (Å²) in [6.45, 7) is 3.02. The van der Waals surface area contributed by atoms with Crippen LogP contribution in [0.5, 0.6) is 0 Å². The molecule has 1 atom stereocenters. The number of hydrogen-bond donors (Lipinski definition) is 1. The lowest BCUT2D eigenvalue weighted by Gasteiger charge is -2.31. The van der Waals surface area contributed by atoms with E-state index >= 15 is 0 Å². The summed E-state index contributed by atoms with van der Waals surface area (Å²) in [6, 6.07) is 3.60. The molecule has 1 saturated heterocycles. The molecule has 1 aromatic heterocycles. The zero-order valence-corrected chi connectivity index (χ0v) is 9.11. The molecule has 2 heterocycles. The lowest BCUT2D eigenvalue weighted by Crippen LogP contribution is -2.43. The SMILES string of the molecule is OCC1CN(Cc2ccc(Cl)o2)CCO1. The molecular formula is C10H14ClNO3. The third-order valence-electron chi connectivity index (χ3n) is 2.43. The molecule has 0 aliphatic carbocycles. The van der Waals surface area contributed by atoms with Crippen molar-refractivity contribution in [3.05, 3.63) is 23.1 Å². The van der Waals surface area contributed by atoms with E-state index in [9.17, 15) is 0 Å². The highest BCUT2D eigenvalue weighted by molar-refractivity contribution is 6.28.